The van der Waals surface area contributed by atoms with E-state index < -0.39 is 22.2 Å². The third-order valence-electron chi connectivity index (χ3n) is 6.25. The van der Waals surface area contributed by atoms with Crippen molar-refractivity contribution in [2.45, 2.75) is 13.0 Å². The Kier molecular flexibility index (Phi) is 8.69. The molecule has 0 spiro atoms. The van der Waals surface area contributed by atoms with E-state index in [4.69, 9.17) is 14.6 Å². The van der Waals surface area contributed by atoms with Crippen LogP contribution in [0.3, 0.4) is 0 Å². The number of nitrogens with one attached hydrogen (secondary N) is 1. The first-order chi connectivity index (χ1) is 18.7. The first kappa shape index (κ1) is 27.9. The van der Waals surface area contributed by atoms with Crippen LogP contribution >= 0.6 is 0 Å². The van der Waals surface area contributed by atoms with Gasteiger partial charge >= 0.3 is 5.97 Å². The lowest BCUT2D eigenvalue weighted by Crippen LogP contribution is -2.54. The van der Waals surface area contributed by atoms with Gasteiger partial charge in [0.2, 0.25) is 0 Å². The van der Waals surface area contributed by atoms with Gasteiger partial charge < -0.3 is 19.5 Å². The van der Waals surface area contributed by atoms with Gasteiger partial charge in [0, 0.05) is 55.5 Å². The summed E-state index contributed by atoms with van der Waals surface area (Å²) in [6.07, 6.45) is 0. The molecule has 1 atom stereocenters. The van der Waals surface area contributed by atoms with E-state index in [0.29, 0.717) is 24.4 Å². The van der Waals surface area contributed by atoms with Crippen molar-refractivity contribution < 1.29 is 27.8 Å². The van der Waals surface area contributed by atoms with Crippen LogP contribution < -0.4 is 14.4 Å². The van der Waals surface area contributed by atoms with Gasteiger partial charge in [-0.3, -0.25) is 4.79 Å². The number of benzene rings is 3. The Bertz CT molecular complexity index is 1560. The van der Waals surface area contributed by atoms with Gasteiger partial charge in [0.25, 0.3) is 10.2 Å². The lowest BCUT2D eigenvalue weighted by atomic mass is 10.0. The summed E-state index contributed by atoms with van der Waals surface area (Å²) in [4.78, 5) is 13.1. The predicted molar refractivity (Wildman–Crippen MR) is 147 cm³/mol. The number of carboxylic acids is 1. The lowest BCUT2D eigenvalue weighted by molar-refractivity contribution is -0.138. The molecule has 4 rings (SSSR count). The van der Waals surface area contributed by atoms with Crippen molar-refractivity contribution in [1.29, 1.82) is 5.26 Å². The molecule has 2 N–H and O–H groups in total. The van der Waals surface area contributed by atoms with E-state index in [1.807, 2.05) is 48.5 Å². The number of carboxylic acid groups (broad SMARTS) is 1. The number of anilines is 1. The summed E-state index contributed by atoms with van der Waals surface area (Å²) in [5.74, 6) is 5.66. The second-order valence-corrected chi connectivity index (χ2v) is 10.6. The van der Waals surface area contributed by atoms with Gasteiger partial charge in [-0.15, -0.1) is 0 Å². The fourth-order valence-electron chi connectivity index (χ4n) is 4.15. The molecule has 0 aliphatic carbocycles. The fourth-order valence-corrected chi connectivity index (χ4v) is 5.49. The molecule has 3 aromatic carbocycles. The maximum absolute atomic E-state index is 12.4. The van der Waals surface area contributed by atoms with E-state index in [-0.39, 0.29) is 19.9 Å². The minimum Gasteiger partial charge on any atom is -0.480 e. The van der Waals surface area contributed by atoms with Crippen molar-refractivity contribution in [2.24, 2.45) is 0 Å². The molecular formula is C28H28N4O6S. The van der Waals surface area contributed by atoms with E-state index in [1.54, 1.807) is 13.2 Å². The fraction of sp³-hybridized carbons (Fsp3) is 0.286. The Morgan fingerprint density at radius 3 is 2.38 bits per heavy atom. The van der Waals surface area contributed by atoms with E-state index in [9.17, 15) is 18.5 Å². The smallest absolute Gasteiger partial charge is 0.321 e. The largest absolute Gasteiger partial charge is 0.480 e. The normalized spacial score (nSPS) is 14.7. The average molecular weight is 549 g/mol. The summed E-state index contributed by atoms with van der Waals surface area (Å²) >= 11 is 0. The summed E-state index contributed by atoms with van der Waals surface area (Å²) in [5.41, 5.74) is 2.96. The maximum Gasteiger partial charge on any atom is 0.321 e. The molecule has 0 bridgehead atoms. The van der Waals surface area contributed by atoms with Crippen molar-refractivity contribution in [2.75, 3.05) is 45.0 Å². The average Bonchev–Trinajstić information content (AvgIpc) is 2.94. The summed E-state index contributed by atoms with van der Waals surface area (Å²) in [5, 5.41) is 20.3. The molecule has 3 aromatic rings. The third kappa shape index (κ3) is 6.85. The van der Waals surface area contributed by atoms with Crippen molar-refractivity contribution in [3.05, 3.63) is 71.3 Å². The van der Waals surface area contributed by atoms with Crippen LogP contribution in [0, 0.1) is 23.2 Å². The van der Waals surface area contributed by atoms with Crippen LogP contribution in [-0.2, 0) is 19.7 Å². The molecule has 10 nitrogen and oxygen atoms in total. The molecule has 1 heterocycles. The first-order valence-corrected chi connectivity index (χ1v) is 13.6. The molecule has 11 heteroatoms. The molecular weight excluding hydrogens is 520 g/mol. The number of nitrogens with zero attached hydrogens (tertiary/aromatic N) is 3. The zero-order valence-corrected chi connectivity index (χ0v) is 22.4. The standard InChI is InChI=1S/C28H28N4O6S/c1-20(28(33)34)30-39(35,36)32-13-11-31(12-14-32)25-8-5-21(6-9-25)3-4-22-15-23-7-10-26(38-19-37-2)17-27(23)24(16-22)18-29/h5-10,15-17,20,30H,11-14,19H2,1-2H3,(H,33,34)/t20-/m1/s1. The highest BCUT2D eigenvalue weighted by Gasteiger charge is 2.29. The Labute approximate surface area is 227 Å². The van der Waals surface area contributed by atoms with Crippen LogP contribution in [0.15, 0.2) is 54.6 Å². The van der Waals surface area contributed by atoms with Gasteiger partial charge in [0.05, 0.1) is 11.6 Å². The topological polar surface area (TPSA) is 132 Å². The molecule has 1 aliphatic heterocycles. The number of hydrogen-bond acceptors (Lipinski definition) is 7. The minimum absolute atomic E-state index is 0.124. The van der Waals surface area contributed by atoms with Gasteiger partial charge in [-0.25, -0.2) is 0 Å². The van der Waals surface area contributed by atoms with E-state index >= 15 is 0 Å². The van der Waals surface area contributed by atoms with Gasteiger partial charge in [0.1, 0.15) is 11.8 Å². The van der Waals surface area contributed by atoms with Gasteiger partial charge in [-0.05, 0) is 60.8 Å². The molecule has 0 unspecified atom stereocenters. The van der Waals surface area contributed by atoms with Crippen LogP contribution in [0.2, 0.25) is 0 Å². The molecule has 39 heavy (non-hydrogen) atoms. The van der Waals surface area contributed by atoms with Crippen LogP contribution in [0.25, 0.3) is 10.8 Å². The molecule has 202 valence electrons. The molecule has 1 aliphatic rings. The Morgan fingerprint density at radius 2 is 1.74 bits per heavy atom. The van der Waals surface area contributed by atoms with E-state index in [2.05, 4.69) is 27.5 Å². The number of rotatable bonds is 8. The first-order valence-electron chi connectivity index (χ1n) is 12.2. The summed E-state index contributed by atoms with van der Waals surface area (Å²) in [7, 11) is -2.33. The number of carbonyl (C=O) groups is 1. The summed E-state index contributed by atoms with van der Waals surface area (Å²) in [6, 6.07) is 17.9. The van der Waals surface area contributed by atoms with Crippen LogP contribution in [0.1, 0.15) is 23.6 Å². The van der Waals surface area contributed by atoms with Gasteiger partial charge in [0.15, 0.2) is 6.79 Å². The zero-order valence-electron chi connectivity index (χ0n) is 21.5. The van der Waals surface area contributed by atoms with Gasteiger partial charge in [-0.1, -0.05) is 17.9 Å². The van der Waals surface area contributed by atoms with Crippen molar-refractivity contribution in [1.82, 2.24) is 9.03 Å². The second kappa shape index (κ2) is 12.2. The Balaban J connectivity index is 1.42. The highest BCUT2D eigenvalue weighted by Crippen LogP contribution is 2.26. The maximum atomic E-state index is 12.4. The van der Waals surface area contributed by atoms with Crippen molar-refractivity contribution in [3.63, 3.8) is 0 Å². The second-order valence-electron chi connectivity index (χ2n) is 8.94. The molecule has 0 radical (unpaired) electrons. The number of ether oxygens (including phenoxy) is 2. The van der Waals surface area contributed by atoms with Crippen molar-refractivity contribution >= 4 is 32.6 Å². The Hall–Kier alpha value is -4.13. The molecule has 1 saturated heterocycles. The third-order valence-corrected chi connectivity index (χ3v) is 7.94. The van der Waals surface area contributed by atoms with Gasteiger partial charge in [-0.2, -0.15) is 22.7 Å². The van der Waals surface area contributed by atoms with Crippen LogP contribution in [-0.4, -0.2) is 69.9 Å². The monoisotopic (exact) mass is 548 g/mol. The molecule has 0 amide bonds. The Morgan fingerprint density at radius 1 is 1.05 bits per heavy atom. The quantitative estimate of drug-likeness (QED) is 0.324. The van der Waals surface area contributed by atoms with Crippen LogP contribution in [0.5, 0.6) is 5.75 Å². The number of aliphatic carboxylic acids is 1. The summed E-state index contributed by atoms with van der Waals surface area (Å²) < 4.78 is 38.7. The highest BCUT2D eigenvalue weighted by molar-refractivity contribution is 7.87. The number of methoxy groups -OCH3 is 1. The SMILES string of the molecule is COCOc1ccc2cc(C#Cc3ccc(N4CCN(S(=O)(=O)N[C@H](C)C(=O)O)CC4)cc3)cc(C#N)c2c1. The predicted octanol–water partition coefficient (Wildman–Crippen LogP) is 2.52. The number of nitriles is 1. The number of fused-ring (bicyclic) bond motifs is 1. The van der Waals surface area contributed by atoms with Crippen molar-refractivity contribution in [3.8, 4) is 23.7 Å². The molecule has 1 fully saturated rings. The molecule has 0 aromatic heterocycles. The zero-order chi connectivity index (χ0) is 28.0. The molecule has 0 saturated carbocycles. The number of piperazine rings is 1. The highest BCUT2D eigenvalue weighted by atomic mass is 32.2. The minimum atomic E-state index is -3.87. The number of hydrogen-bond donors (Lipinski definition) is 2. The lowest BCUT2D eigenvalue weighted by Gasteiger charge is -2.35. The van der Waals surface area contributed by atoms with E-state index in [1.165, 1.54) is 11.2 Å². The van der Waals surface area contributed by atoms with Crippen LogP contribution in [0.4, 0.5) is 5.69 Å². The summed E-state index contributed by atoms with van der Waals surface area (Å²) in [6.45, 7) is 2.84. The van der Waals surface area contributed by atoms with E-state index in [0.717, 1.165) is 27.6 Å².